The third-order valence-corrected chi connectivity index (χ3v) is 4.24. The Kier molecular flexibility index (Phi) is 7.31. The Morgan fingerprint density at radius 1 is 0.613 bits per heavy atom. The maximum Gasteiger partial charge on any atom is 0.323 e. The van der Waals surface area contributed by atoms with Gasteiger partial charge in [-0.1, -0.05) is 18.2 Å². The van der Waals surface area contributed by atoms with Crippen molar-refractivity contribution in [2.24, 2.45) is 0 Å². The van der Waals surface area contributed by atoms with E-state index < -0.39 is 11.8 Å². The molecule has 158 valence electrons. The summed E-state index contributed by atoms with van der Waals surface area (Å²) in [7, 11) is 0. The van der Waals surface area contributed by atoms with Crippen LogP contribution in [0.2, 0.25) is 0 Å². The Morgan fingerprint density at radius 2 is 1.06 bits per heavy atom. The zero-order chi connectivity index (χ0) is 22.1. The summed E-state index contributed by atoms with van der Waals surface area (Å²) in [5.41, 5.74) is 1.92. The third kappa shape index (κ3) is 6.67. The number of carbonyl (C=O) groups is 3. The molecule has 4 amide bonds. The number of hydrogen-bond donors (Lipinski definition) is 4. The van der Waals surface area contributed by atoms with Crippen LogP contribution in [0.3, 0.4) is 0 Å². The van der Waals surface area contributed by atoms with Crippen LogP contribution in [-0.2, 0) is 0 Å². The molecule has 0 saturated heterocycles. The second-order valence-corrected chi connectivity index (χ2v) is 6.54. The molecule has 0 aliphatic rings. The Morgan fingerprint density at radius 3 is 1.58 bits per heavy atom. The SMILES string of the molecule is O=C(Nc1ccc(F)cc1)Nc1ccc(C(=O)NCCNC(=O)c2ccccc2)cc1. The van der Waals surface area contributed by atoms with E-state index in [0.29, 0.717) is 29.0 Å². The average Bonchev–Trinajstić information content (AvgIpc) is 2.79. The molecule has 0 aliphatic carbocycles. The van der Waals surface area contributed by atoms with E-state index in [1.165, 1.54) is 24.3 Å². The summed E-state index contributed by atoms with van der Waals surface area (Å²) in [6.07, 6.45) is 0. The molecule has 0 fully saturated rings. The number of carbonyl (C=O) groups excluding carboxylic acids is 3. The fourth-order valence-corrected chi connectivity index (χ4v) is 2.68. The van der Waals surface area contributed by atoms with Gasteiger partial charge >= 0.3 is 6.03 Å². The summed E-state index contributed by atoms with van der Waals surface area (Å²) in [6.45, 7) is 0.570. The normalized spacial score (nSPS) is 10.1. The van der Waals surface area contributed by atoms with Gasteiger partial charge in [0.15, 0.2) is 0 Å². The van der Waals surface area contributed by atoms with E-state index in [9.17, 15) is 18.8 Å². The van der Waals surface area contributed by atoms with Gasteiger partial charge in [-0.05, 0) is 60.7 Å². The highest BCUT2D eigenvalue weighted by Gasteiger charge is 2.08. The lowest BCUT2D eigenvalue weighted by molar-refractivity contribution is 0.0927. The van der Waals surface area contributed by atoms with Crippen molar-refractivity contribution in [2.75, 3.05) is 23.7 Å². The molecular formula is C23H21FN4O3. The van der Waals surface area contributed by atoms with Gasteiger partial charge in [0.2, 0.25) is 0 Å². The van der Waals surface area contributed by atoms with Crippen molar-refractivity contribution in [1.29, 1.82) is 0 Å². The largest absolute Gasteiger partial charge is 0.350 e. The molecule has 31 heavy (non-hydrogen) atoms. The number of amides is 4. The lowest BCUT2D eigenvalue weighted by Crippen LogP contribution is -2.34. The monoisotopic (exact) mass is 420 g/mol. The first-order valence-corrected chi connectivity index (χ1v) is 9.56. The van der Waals surface area contributed by atoms with Gasteiger partial charge in [0.05, 0.1) is 0 Å². The quantitative estimate of drug-likeness (QED) is 0.439. The van der Waals surface area contributed by atoms with Crippen LogP contribution in [0.25, 0.3) is 0 Å². The Labute approximate surface area is 178 Å². The van der Waals surface area contributed by atoms with Crippen LogP contribution in [0.5, 0.6) is 0 Å². The van der Waals surface area contributed by atoms with Gasteiger partial charge in [0, 0.05) is 35.6 Å². The van der Waals surface area contributed by atoms with Crippen molar-refractivity contribution in [1.82, 2.24) is 10.6 Å². The molecule has 3 rings (SSSR count). The predicted molar refractivity (Wildman–Crippen MR) is 117 cm³/mol. The second kappa shape index (κ2) is 10.5. The second-order valence-electron chi connectivity index (χ2n) is 6.54. The summed E-state index contributed by atoms with van der Waals surface area (Å²) in [5.74, 6) is -0.890. The topological polar surface area (TPSA) is 99.3 Å². The lowest BCUT2D eigenvalue weighted by atomic mass is 10.2. The third-order valence-electron chi connectivity index (χ3n) is 4.24. The highest BCUT2D eigenvalue weighted by atomic mass is 19.1. The van der Waals surface area contributed by atoms with Gasteiger partial charge in [-0.25, -0.2) is 9.18 Å². The highest BCUT2D eigenvalue weighted by molar-refractivity contribution is 6.00. The van der Waals surface area contributed by atoms with Gasteiger partial charge in [-0.15, -0.1) is 0 Å². The van der Waals surface area contributed by atoms with Crippen molar-refractivity contribution >= 4 is 29.2 Å². The van der Waals surface area contributed by atoms with Gasteiger partial charge < -0.3 is 21.3 Å². The first kappa shape index (κ1) is 21.5. The number of anilines is 2. The van der Waals surface area contributed by atoms with Crippen molar-refractivity contribution in [2.45, 2.75) is 0 Å². The summed E-state index contributed by atoms with van der Waals surface area (Å²) < 4.78 is 12.9. The first-order valence-electron chi connectivity index (χ1n) is 9.56. The molecule has 3 aromatic rings. The van der Waals surface area contributed by atoms with Gasteiger partial charge in [0.25, 0.3) is 11.8 Å². The zero-order valence-electron chi connectivity index (χ0n) is 16.5. The predicted octanol–water partition coefficient (Wildman–Crippen LogP) is 3.63. The maximum absolute atomic E-state index is 12.9. The molecule has 0 heterocycles. The molecule has 8 heteroatoms. The highest BCUT2D eigenvalue weighted by Crippen LogP contribution is 2.12. The van der Waals surface area contributed by atoms with Crippen LogP contribution in [0.15, 0.2) is 78.9 Å². The Balaban J connectivity index is 1.41. The summed E-state index contributed by atoms with van der Waals surface area (Å²) >= 11 is 0. The minimum absolute atomic E-state index is 0.204. The molecule has 0 unspecified atom stereocenters. The molecular weight excluding hydrogens is 399 g/mol. The van der Waals surface area contributed by atoms with E-state index in [-0.39, 0.29) is 18.4 Å². The smallest absolute Gasteiger partial charge is 0.323 e. The minimum Gasteiger partial charge on any atom is -0.350 e. The molecule has 0 bridgehead atoms. The fourth-order valence-electron chi connectivity index (χ4n) is 2.68. The van der Waals surface area contributed by atoms with Crippen LogP contribution in [0.1, 0.15) is 20.7 Å². The molecule has 0 aromatic heterocycles. The van der Waals surface area contributed by atoms with Gasteiger partial charge in [0.1, 0.15) is 5.82 Å². The van der Waals surface area contributed by atoms with E-state index in [1.807, 2.05) is 6.07 Å². The van der Waals surface area contributed by atoms with Gasteiger partial charge in [-0.3, -0.25) is 9.59 Å². The van der Waals surface area contributed by atoms with E-state index in [1.54, 1.807) is 48.5 Å². The number of halogens is 1. The molecule has 0 atom stereocenters. The van der Waals surface area contributed by atoms with Gasteiger partial charge in [-0.2, -0.15) is 0 Å². The summed E-state index contributed by atoms with van der Waals surface area (Å²) in [4.78, 5) is 36.1. The van der Waals surface area contributed by atoms with Crippen molar-refractivity contribution in [3.8, 4) is 0 Å². The van der Waals surface area contributed by atoms with Crippen molar-refractivity contribution in [3.05, 3.63) is 95.8 Å². The molecule has 3 aromatic carbocycles. The number of hydrogen-bond acceptors (Lipinski definition) is 3. The molecule has 4 N–H and O–H groups in total. The lowest BCUT2D eigenvalue weighted by Gasteiger charge is -2.09. The number of rotatable bonds is 7. The molecule has 7 nitrogen and oxygen atoms in total. The summed E-state index contributed by atoms with van der Waals surface area (Å²) in [5, 5.41) is 10.7. The first-order chi connectivity index (χ1) is 15.0. The molecule has 0 saturated carbocycles. The Bertz CT molecular complexity index is 1040. The van der Waals surface area contributed by atoms with E-state index in [4.69, 9.17) is 0 Å². The maximum atomic E-state index is 12.9. The number of benzene rings is 3. The molecule has 0 radical (unpaired) electrons. The average molecular weight is 420 g/mol. The van der Waals surface area contributed by atoms with E-state index in [0.717, 1.165) is 0 Å². The van der Waals surface area contributed by atoms with Crippen molar-refractivity contribution in [3.63, 3.8) is 0 Å². The number of urea groups is 1. The van der Waals surface area contributed by atoms with Crippen LogP contribution in [0.4, 0.5) is 20.6 Å². The van der Waals surface area contributed by atoms with Crippen LogP contribution >= 0.6 is 0 Å². The van der Waals surface area contributed by atoms with Crippen LogP contribution < -0.4 is 21.3 Å². The Hall–Kier alpha value is -4.20. The van der Waals surface area contributed by atoms with Crippen LogP contribution in [-0.4, -0.2) is 30.9 Å². The standard InChI is InChI=1S/C23H21FN4O3/c24-18-8-12-20(13-9-18)28-23(31)27-19-10-6-17(7-11-19)22(30)26-15-14-25-21(29)16-4-2-1-3-5-16/h1-13H,14-15H2,(H,25,29)(H,26,30)(H2,27,28,31). The number of nitrogens with one attached hydrogen (secondary N) is 4. The minimum atomic E-state index is -0.488. The van der Waals surface area contributed by atoms with Crippen LogP contribution in [0, 0.1) is 5.82 Å². The zero-order valence-corrected chi connectivity index (χ0v) is 16.5. The van der Waals surface area contributed by atoms with Crippen molar-refractivity contribution < 1.29 is 18.8 Å². The fraction of sp³-hybridized carbons (Fsp3) is 0.0870. The van der Waals surface area contributed by atoms with E-state index in [2.05, 4.69) is 21.3 Å². The molecule has 0 spiro atoms. The van der Waals surface area contributed by atoms with E-state index >= 15 is 0 Å². The molecule has 0 aliphatic heterocycles. The summed E-state index contributed by atoms with van der Waals surface area (Å²) in [6, 6.07) is 20.1.